The van der Waals surface area contributed by atoms with Crippen molar-refractivity contribution in [2.75, 3.05) is 5.32 Å². The fraction of sp³-hybridized carbons (Fsp3) is 0.318. The van der Waals surface area contributed by atoms with Crippen LogP contribution in [0.25, 0.3) is 16.5 Å². The highest BCUT2D eigenvalue weighted by molar-refractivity contribution is 6.32. The lowest BCUT2D eigenvalue weighted by atomic mass is 9.87. The number of ether oxygens (including phenoxy) is 1. The summed E-state index contributed by atoms with van der Waals surface area (Å²) in [5.41, 5.74) is 3.88. The van der Waals surface area contributed by atoms with E-state index in [1.807, 2.05) is 37.3 Å². The highest BCUT2D eigenvalue weighted by Crippen LogP contribution is 2.45. The maximum absolute atomic E-state index is 12.5. The van der Waals surface area contributed by atoms with Crippen LogP contribution in [0.5, 0.6) is 0 Å². The van der Waals surface area contributed by atoms with Crippen LogP contribution in [0.4, 0.5) is 5.69 Å². The number of aliphatic hydroxyl groups excluding tert-OH is 1. The molecule has 0 spiro atoms. The second-order valence-electron chi connectivity index (χ2n) is 7.59. The molecule has 3 aliphatic rings. The number of hydrogen-bond acceptors (Lipinski definition) is 4. The number of nitrogens with one attached hydrogen (secondary N) is 1. The number of carbonyl (C=O) groups is 1. The Morgan fingerprint density at radius 1 is 1.29 bits per heavy atom. The number of hydrogen-bond donors (Lipinski definition) is 2. The summed E-state index contributed by atoms with van der Waals surface area (Å²) in [6.45, 7) is 1.95. The van der Waals surface area contributed by atoms with E-state index in [1.54, 1.807) is 6.08 Å². The molecule has 0 radical (unpaired) electrons. The van der Waals surface area contributed by atoms with E-state index in [9.17, 15) is 9.90 Å². The molecule has 2 N–H and O–H groups in total. The Labute approximate surface area is 167 Å². The topological polar surface area (TPSA) is 71.7 Å². The summed E-state index contributed by atoms with van der Waals surface area (Å²) >= 11 is 6.39. The number of furan rings is 1. The summed E-state index contributed by atoms with van der Waals surface area (Å²) in [4.78, 5) is 12.5. The minimum Gasteiger partial charge on any atom is -0.454 e. The average Bonchev–Trinajstić information content (AvgIpc) is 3.46. The van der Waals surface area contributed by atoms with Gasteiger partial charge in [-0.2, -0.15) is 0 Å². The van der Waals surface area contributed by atoms with E-state index in [4.69, 9.17) is 20.8 Å². The standard InChI is InChI=1S/C22H20ClNO4/c1-11-8-18-14(9-16(11)23)15(10-19(25)27-18)21-20(24-22(26)12-6-7-12)13-4-2-3-5-17(13)28-21/h2-5,9-10,12,18-19,25H,6-8H2,1H3,(H,24,26). The molecule has 2 unspecified atom stereocenters. The monoisotopic (exact) mass is 397 g/mol. The van der Waals surface area contributed by atoms with Crippen LogP contribution < -0.4 is 5.32 Å². The molecule has 6 heteroatoms. The fourth-order valence-corrected chi connectivity index (χ4v) is 3.99. The van der Waals surface area contributed by atoms with Gasteiger partial charge in [-0.15, -0.1) is 0 Å². The first-order valence-electron chi connectivity index (χ1n) is 9.46. The maximum atomic E-state index is 12.5. The zero-order chi connectivity index (χ0) is 19.4. The smallest absolute Gasteiger partial charge is 0.227 e. The lowest BCUT2D eigenvalue weighted by Gasteiger charge is -2.32. The lowest BCUT2D eigenvalue weighted by molar-refractivity contribution is -0.117. The van der Waals surface area contributed by atoms with Gasteiger partial charge < -0.3 is 19.6 Å². The van der Waals surface area contributed by atoms with E-state index in [1.165, 1.54) is 0 Å². The molecule has 2 aliphatic carbocycles. The van der Waals surface area contributed by atoms with Crippen LogP contribution in [0.2, 0.25) is 0 Å². The van der Waals surface area contributed by atoms with Gasteiger partial charge in [-0.05, 0) is 49.6 Å². The second-order valence-corrected chi connectivity index (χ2v) is 8.00. The molecule has 1 saturated carbocycles. The predicted octanol–water partition coefficient (Wildman–Crippen LogP) is 4.72. The van der Waals surface area contributed by atoms with Gasteiger partial charge in [-0.1, -0.05) is 29.3 Å². The number of amides is 1. The SMILES string of the molecule is CC1=C(Cl)C=C2C(c3oc4ccccc4c3NC(=O)C3CC3)=CC(O)OC2C1. The Morgan fingerprint density at radius 2 is 2.07 bits per heavy atom. The van der Waals surface area contributed by atoms with Gasteiger partial charge in [0.05, 0.1) is 11.8 Å². The van der Waals surface area contributed by atoms with Crippen molar-refractivity contribution in [3.05, 3.63) is 58.4 Å². The number of anilines is 1. The number of halogens is 1. The summed E-state index contributed by atoms with van der Waals surface area (Å²) in [6.07, 6.45) is 4.54. The molecule has 2 atom stereocenters. The van der Waals surface area contributed by atoms with E-state index in [0.717, 1.165) is 29.4 Å². The largest absolute Gasteiger partial charge is 0.454 e. The Bertz CT molecular complexity index is 1070. The third kappa shape index (κ3) is 3.00. The number of benzene rings is 1. The van der Waals surface area contributed by atoms with Gasteiger partial charge in [0, 0.05) is 28.3 Å². The molecular weight excluding hydrogens is 378 g/mol. The average molecular weight is 398 g/mol. The molecule has 1 amide bonds. The van der Waals surface area contributed by atoms with Gasteiger partial charge in [0.1, 0.15) is 5.58 Å². The number of para-hydroxylation sites is 1. The van der Waals surface area contributed by atoms with E-state index in [-0.39, 0.29) is 17.9 Å². The first kappa shape index (κ1) is 17.7. The molecule has 1 aromatic carbocycles. The summed E-state index contributed by atoms with van der Waals surface area (Å²) in [5.74, 6) is 0.597. The molecule has 1 aromatic heterocycles. The van der Waals surface area contributed by atoms with Crippen LogP contribution in [0, 0.1) is 5.92 Å². The molecular formula is C22H20ClNO4. The zero-order valence-corrected chi connectivity index (χ0v) is 16.1. The first-order chi connectivity index (χ1) is 13.5. The summed E-state index contributed by atoms with van der Waals surface area (Å²) in [5, 5.41) is 14.8. The van der Waals surface area contributed by atoms with Gasteiger partial charge in [0.25, 0.3) is 0 Å². The number of fused-ring (bicyclic) bond motifs is 2. The highest BCUT2D eigenvalue weighted by Gasteiger charge is 2.35. The number of aliphatic hydroxyl groups is 1. The second kappa shape index (κ2) is 6.62. The predicted molar refractivity (Wildman–Crippen MR) is 108 cm³/mol. The van der Waals surface area contributed by atoms with E-state index in [2.05, 4.69) is 5.32 Å². The molecule has 2 aromatic rings. The van der Waals surface area contributed by atoms with Crippen molar-refractivity contribution in [2.45, 2.75) is 38.6 Å². The molecule has 0 bridgehead atoms. The maximum Gasteiger partial charge on any atom is 0.227 e. The van der Waals surface area contributed by atoms with E-state index >= 15 is 0 Å². The summed E-state index contributed by atoms with van der Waals surface area (Å²) in [7, 11) is 0. The van der Waals surface area contributed by atoms with Crippen molar-refractivity contribution in [1.29, 1.82) is 0 Å². The van der Waals surface area contributed by atoms with Gasteiger partial charge in [-0.25, -0.2) is 0 Å². The quantitative estimate of drug-likeness (QED) is 0.785. The Hall–Kier alpha value is -2.34. The molecule has 28 heavy (non-hydrogen) atoms. The highest BCUT2D eigenvalue weighted by atomic mass is 35.5. The van der Waals surface area contributed by atoms with Crippen LogP contribution in [0.3, 0.4) is 0 Å². The minimum absolute atomic E-state index is 0.00366. The minimum atomic E-state index is -1.05. The molecule has 2 heterocycles. The van der Waals surface area contributed by atoms with Crippen molar-refractivity contribution in [3.8, 4) is 0 Å². The van der Waals surface area contributed by atoms with Crippen molar-refractivity contribution < 1.29 is 19.1 Å². The third-order valence-corrected chi connectivity index (χ3v) is 5.92. The molecule has 144 valence electrons. The van der Waals surface area contributed by atoms with Crippen molar-refractivity contribution in [1.82, 2.24) is 0 Å². The molecule has 1 fully saturated rings. The van der Waals surface area contributed by atoms with Crippen molar-refractivity contribution in [3.63, 3.8) is 0 Å². The summed E-state index contributed by atoms with van der Waals surface area (Å²) in [6, 6.07) is 7.59. The first-order valence-corrected chi connectivity index (χ1v) is 9.84. The van der Waals surface area contributed by atoms with Gasteiger partial charge in [0.15, 0.2) is 12.1 Å². The Morgan fingerprint density at radius 3 is 2.86 bits per heavy atom. The fourth-order valence-electron chi connectivity index (χ4n) is 3.79. The molecule has 5 nitrogen and oxygen atoms in total. The van der Waals surface area contributed by atoms with Crippen LogP contribution in [-0.2, 0) is 9.53 Å². The lowest BCUT2D eigenvalue weighted by Crippen LogP contribution is -2.30. The number of allylic oxidation sites excluding steroid dienone is 2. The van der Waals surface area contributed by atoms with Gasteiger partial charge in [0.2, 0.25) is 5.91 Å². The third-order valence-electron chi connectivity index (χ3n) is 5.49. The normalized spacial score (nSPS) is 24.7. The van der Waals surface area contributed by atoms with Gasteiger partial charge in [-0.3, -0.25) is 4.79 Å². The summed E-state index contributed by atoms with van der Waals surface area (Å²) < 4.78 is 11.8. The van der Waals surface area contributed by atoms with Crippen LogP contribution in [-0.4, -0.2) is 23.4 Å². The van der Waals surface area contributed by atoms with Gasteiger partial charge >= 0.3 is 0 Å². The number of rotatable bonds is 3. The molecule has 0 saturated heterocycles. The van der Waals surface area contributed by atoms with E-state index < -0.39 is 6.29 Å². The Balaban J connectivity index is 1.67. The van der Waals surface area contributed by atoms with Crippen molar-refractivity contribution in [2.24, 2.45) is 5.92 Å². The van der Waals surface area contributed by atoms with E-state index in [0.29, 0.717) is 34.1 Å². The zero-order valence-electron chi connectivity index (χ0n) is 15.4. The molecule has 5 rings (SSSR count). The van der Waals surface area contributed by atoms with Crippen molar-refractivity contribution >= 4 is 39.7 Å². The Kier molecular flexibility index (Phi) is 4.19. The molecule has 1 aliphatic heterocycles. The van der Waals surface area contributed by atoms with Crippen LogP contribution in [0.15, 0.2) is 57.0 Å². The number of carbonyl (C=O) groups excluding carboxylic acids is 1. The van der Waals surface area contributed by atoms with Crippen LogP contribution in [0.1, 0.15) is 31.9 Å². The van der Waals surface area contributed by atoms with Crippen LogP contribution >= 0.6 is 11.6 Å².